The molecule has 22 heavy (non-hydrogen) atoms. The second-order valence-electron chi connectivity index (χ2n) is 5.36. The van der Waals surface area contributed by atoms with Crippen LogP contribution in [0.25, 0.3) is 0 Å². The fraction of sp³-hybridized carbons (Fsp3) is 0.667. The Labute approximate surface area is 135 Å². The summed E-state index contributed by atoms with van der Waals surface area (Å²) in [6.07, 6.45) is 3.19. The van der Waals surface area contributed by atoms with E-state index < -0.39 is 0 Å². The van der Waals surface area contributed by atoms with E-state index >= 15 is 0 Å². The number of hydroxylamine groups is 3. The van der Waals surface area contributed by atoms with Crippen molar-refractivity contribution in [3.05, 3.63) is 35.9 Å². The van der Waals surface area contributed by atoms with Crippen molar-refractivity contribution in [2.24, 2.45) is 0 Å². The second-order valence-corrected chi connectivity index (χ2v) is 5.36. The van der Waals surface area contributed by atoms with Crippen LogP contribution >= 0.6 is 0 Å². The van der Waals surface area contributed by atoms with E-state index in [0.29, 0.717) is 19.1 Å². The summed E-state index contributed by atoms with van der Waals surface area (Å²) in [6, 6.07) is 10.8. The summed E-state index contributed by atoms with van der Waals surface area (Å²) in [7, 11) is 0. The van der Waals surface area contributed by atoms with Crippen molar-refractivity contribution in [3.63, 3.8) is 0 Å². The molecule has 0 heterocycles. The number of hydrogen-bond donors (Lipinski definition) is 1. The zero-order valence-electron chi connectivity index (χ0n) is 14.4. The summed E-state index contributed by atoms with van der Waals surface area (Å²) in [5.41, 5.74) is 4.28. The normalized spacial score (nSPS) is 12.7. The van der Waals surface area contributed by atoms with E-state index in [2.05, 4.69) is 54.7 Å². The average molecular weight is 308 g/mol. The van der Waals surface area contributed by atoms with Crippen LogP contribution in [0.3, 0.4) is 0 Å². The quantitative estimate of drug-likeness (QED) is 0.444. The molecule has 4 heteroatoms. The predicted octanol–water partition coefficient (Wildman–Crippen LogP) is 3.76. The van der Waals surface area contributed by atoms with Crippen molar-refractivity contribution < 1.29 is 9.68 Å². The van der Waals surface area contributed by atoms with Crippen molar-refractivity contribution >= 4 is 0 Å². The van der Waals surface area contributed by atoms with Crippen LogP contribution in [-0.4, -0.2) is 37.9 Å². The molecule has 0 spiro atoms. The Bertz CT molecular complexity index is 359. The highest BCUT2D eigenvalue weighted by Crippen LogP contribution is 2.23. The minimum Gasteiger partial charge on any atom is -0.302 e. The Hall–Kier alpha value is -0.940. The summed E-state index contributed by atoms with van der Waals surface area (Å²) in [4.78, 5) is 11.1. The van der Waals surface area contributed by atoms with E-state index in [9.17, 15) is 0 Å². The lowest BCUT2D eigenvalue weighted by atomic mass is 9.93. The lowest BCUT2D eigenvalue weighted by Crippen LogP contribution is -2.27. The molecule has 4 nitrogen and oxygen atoms in total. The number of nitrogens with zero attached hydrogens (tertiary/aromatic N) is 1. The number of rotatable bonds is 13. The molecule has 0 saturated carbocycles. The third-order valence-corrected chi connectivity index (χ3v) is 3.75. The minimum absolute atomic E-state index is 0.607. The standard InChI is InChI=1S/C18H32N2O2/c1-4-17(18-11-8-7-9-12-18)13-14-20(6-3)22-16-10-15-21-19-5-2/h7-9,11-12,17,19H,4-6,10,13-16H2,1-3H3. The third kappa shape index (κ3) is 7.90. The highest BCUT2D eigenvalue weighted by Gasteiger charge is 2.11. The molecule has 0 aliphatic rings. The van der Waals surface area contributed by atoms with E-state index in [1.807, 2.05) is 6.92 Å². The SMILES string of the molecule is CCNOCCCON(CC)CCC(CC)c1ccccc1. The van der Waals surface area contributed by atoms with Gasteiger partial charge in [0, 0.05) is 19.6 Å². The van der Waals surface area contributed by atoms with Gasteiger partial charge in [0.05, 0.1) is 13.2 Å². The fourth-order valence-corrected chi connectivity index (χ4v) is 2.44. The van der Waals surface area contributed by atoms with Crippen LogP contribution < -0.4 is 5.48 Å². The fourth-order valence-electron chi connectivity index (χ4n) is 2.44. The summed E-state index contributed by atoms with van der Waals surface area (Å²) in [6.45, 7) is 10.5. The maximum atomic E-state index is 5.83. The molecule has 0 aliphatic carbocycles. The van der Waals surface area contributed by atoms with Gasteiger partial charge in [-0.1, -0.05) is 51.1 Å². The van der Waals surface area contributed by atoms with Crippen molar-refractivity contribution in [3.8, 4) is 0 Å². The zero-order chi connectivity index (χ0) is 16.0. The van der Waals surface area contributed by atoms with Gasteiger partial charge >= 0.3 is 0 Å². The molecular formula is C18H32N2O2. The van der Waals surface area contributed by atoms with Gasteiger partial charge in [0.2, 0.25) is 0 Å². The maximum absolute atomic E-state index is 5.83. The van der Waals surface area contributed by atoms with Crippen LogP contribution in [0.15, 0.2) is 30.3 Å². The van der Waals surface area contributed by atoms with Crippen LogP contribution in [0.4, 0.5) is 0 Å². The topological polar surface area (TPSA) is 33.7 Å². The van der Waals surface area contributed by atoms with Gasteiger partial charge in [-0.15, -0.1) is 0 Å². The van der Waals surface area contributed by atoms with Crippen molar-refractivity contribution in [2.75, 3.05) is 32.8 Å². The first kappa shape index (κ1) is 19.1. The first-order chi connectivity index (χ1) is 10.8. The van der Waals surface area contributed by atoms with Crippen molar-refractivity contribution in [1.29, 1.82) is 0 Å². The Kier molecular flexibility index (Phi) is 10.9. The summed E-state index contributed by atoms with van der Waals surface area (Å²) in [5, 5.41) is 2.07. The molecular weight excluding hydrogens is 276 g/mol. The zero-order valence-corrected chi connectivity index (χ0v) is 14.4. The van der Waals surface area contributed by atoms with E-state index in [4.69, 9.17) is 9.68 Å². The lowest BCUT2D eigenvalue weighted by molar-refractivity contribution is -0.161. The Morgan fingerprint density at radius 2 is 1.86 bits per heavy atom. The Morgan fingerprint density at radius 1 is 1.09 bits per heavy atom. The predicted molar refractivity (Wildman–Crippen MR) is 91.5 cm³/mol. The van der Waals surface area contributed by atoms with Crippen LogP contribution in [0.5, 0.6) is 0 Å². The van der Waals surface area contributed by atoms with Crippen LogP contribution in [0.2, 0.25) is 0 Å². The monoisotopic (exact) mass is 308 g/mol. The first-order valence-electron chi connectivity index (χ1n) is 8.59. The molecule has 0 amide bonds. The minimum atomic E-state index is 0.607. The highest BCUT2D eigenvalue weighted by atomic mass is 16.7. The molecule has 0 saturated heterocycles. The smallest absolute Gasteiger partial charge is 0.0707 e. The molecule has 1 N–H and O–H groups in total. The average Bonchev–Trinajstić information content (AvgIpc) is 2.57. The maximum Gasteiger partial charge on any atom is 0.0707 e. The molecule has 1 atom stereocenters. The van der Waals surface area contributed by atoms with Gasteiger partial charge in [-0.2, -0.15) is 5.06 Å². The van der Waals surface area contributed by atoms with Crippen LogP contribution in [0, 0.1) is 0 Å². The summed E-state index contributed by atoms with van der Waals surface area (Å²) >= 11 is 0. The largest absolute Gasteiger partial charge is 0.302 e. The molecule has 0 radical (unpaired) electrons. The molecule has 0 aromatic heterocycles. The molecule has 1 unspecified atom stereocenters. The molecule has 1 rings (SSSR count). The van der Waals surface area contributed by atoms with Crippen LogP contribution in [-0.2, 0) is 9.68 Å². The summed E-state index contributed by atoms with van der Waals surface area (Å²) < 4.78 is 0. The Balaban J connectivity index is 2.24. The van der Waals surface area contributed by atoms with E-state index in [-0.39, 0.29) is 0 Å². The third-order valence-electron chi connectivity index (χ3n) is 3.75. The van der Waals surface area contributed by atoms with Crippen molar-refractivity contribution in [1.82, 2.24) is 10.5 Å². The number of benzene rings is 1. The first-order valence-corrected chi connectivity index (χ1v) is 8.59. The molecule has 1 aromatic carbocycles. The molecule has 0 bridgehead atoms. The molecule has 126 valence electrons. The van der Waals surface area contributed by atoms with Gasteiger partial charge in [0.25, 0.3) is 0 Å². The van der Waals surface area contributed by atoms with Gasteiger partial charge in [-0.05, 0) is 30.7 Å². The molecule has 1 aromatic rings. The van der Waals surface area contributed by atoms with Crippen LogP contribution in [0.1, 0.15) is 51.5 Å². The Morgan fingerprint density at radius 3 is 2.50 bits per heavy atom. The summed E-state index contributed by atoms with van der Waals surface area (Å²) in [5.74, 6) is 0.607. The van der Waals surface area contributed by atoms with Gasteiger partial charge in [-0.3, -0.25) is 4.84 Å². The van der Waals surface area contributed by atoms with E-state index in [0.717, 1.165) is 38.9 Å². The van der Waals surface area contributed by atoms with E-state index in [1.165, 1.54) is 5.56 Å². The van der Waals surface area contributed by atoms with E-state index in [1.54, 1.807) is 0 Å². The van der Waals surface area contributed by atoms with Gasteiger partial charge < -0.3 is 4.84 Å². The molecule has 0 fully saturated rings. The van der Waals surface area contributed by atoms with Gasteiger partial charge in [0.1, 0.15) is 0 Å². The number of hydrogen-bond acceptors (Lipinski definition) is 4. The van der Waals surface area contributed by atoms with Crippen molar-refractivity contribution in [2.45, 2.75) is 46.0 Å². The molecule has 0 aliphatic heterocycles. The van der Waals surface area contributed by atoms with Gasteiger partial charge in [0.15, 0.2) is 0 Å². The number of nitrogens with one attached hydrogen (secondary N) is 1. The van der Waals surface area contributed by atoms with Gasteiger partial charge in [-0.25, -0.2) is 5.48 Å². The lowest BCUT2D eigenvalue weighted by Gasteiger charge is -2.23. The second kappa shape index (κ2) is 12.6. The highest BCUT2D eigenvalue weighted by molar-refractivity contribution is 5.19.